The molecule has 5 heteroatoms. The van der Waals surface area contributed by atoms with Crippen LogP contribution in [-0.4, -0.2) is 30.9 Å². The summed E-state index contributed by atoms with van der Waals surface area (Å²) in [5.74, 6) is 0.130. The monoisotopic (exact) mass is 298 g/mol. The van der Waals surface area contributed by atoms with Crippen molar-refractivity contribution in [3.8, 4) is 0 Å². The van der Waals surface area contributed by atoms with Crippen LogP contribution in [0.1, 0.15) is 68.2 Å². The molecule has 1 rings (SSSR count). The van der Waals surface area contributed by atoms with Gasteiger partial charge in [0.25, 0.3) is 0 Å². The Labute approximate surface area is 130 Å². The van der Waals surface area contributed by atoms with Gasteiger partial charge in [-0.15, -0.1) is 0 Å². The van der Waals surface area contributed by atoms with Crippen molar-refractivity contribution in [2.75, 3.05) is 6.61 Å². The Balaban J connectivity index is 2.33. The van der Waals surface area contributed by atoms with Gasteiger partial charge in [0.05, 0.1) is 23.2 Å². The first-order valence-corrected chi connectivity index (χ1v) is 7.90. The molecule has 0 bridgehead atoms. The molecule has 0 unspecified atom stereocenters. The van der Waals surface area contributed by atoms with Crippen molar-refractivity contribution in [1.82, 2.24) is 0 Å². The average molecular weight is 298 g/mol. The Morgan fingerprint density at radius 2 is 1.62 bits per heavy atom. The third kappa shape index (κ3) is 4.72. The van der Waals surface area contributed by atoms with Crippen molar-refractivity contribution in [1.29, 1.82) is 0 Å². The number of hydrogen-bond acceptors (Lipinski definition) is 4. The van der Waals surface area contributed by atoms with E-state index in [0.717, 1.165) is 12.8 Å². The van der Waals surface area contributed by atoms with Crippen LogP contribution >= 0.6 is 0 Å². The minimum absolute atomic E-state index is 0.147. The lowest BCUT2D eigenvalue weighted by Crippen LogP contribution is -2.41. The highest BCUT2D eigenvalue weighted by Gasteiger charge is 2.52. The highest BCUT2D eigenvalue weighted by atomic mass is 16.7. The molecule has 21 heavy (non-hydrogen) atoms. The molecule has 0 radical (unpaired) electrons. The molecule has 1 heterocycles. The summed E-state index contributed by atoms with van der Waals surface area (Å²) in [4.78, 5) is 11.7. The minimum atomic E-state index is -0.433. The van der Waals surface area contributed by atoms with E-state index in [4.69, 9.17) is 14.0 Å². The topological polar surface area (TPSA) is 44.8 Å². The van der Waals surface area contributed by atoms with Gasteiger partial charge in [-0.05, 0) is 67.1 Å². The third-order valence-electron chi connectivity index (χ3n) is 4.39. The van der Waals surface area contributed by atoms with Crippen molar-refractivity contribution in [3.63, 3.8) is 0 Å². The third-order valence-corrected chi connectivity index (χ3v) is 4.39. The van der Waals surface area contributed by atoms with E-state index in [-0.39, 0.29) is 30.1 Å². The maximum Gasteiger partial charge on any atom is 0.460 e. The number of hydrogen-bond donors (Lipinski definition) is 0. The minimum Gasteiger partial charge on any atom is -0.465 e. The van der Waals surface area contributed by atoms with Crippen LogP contribution in [0.15, 0.2) is 0 Å². The number of ether oxygens (including phenoxy) is 1. The molecule has 0 N–H and O–H groups in total. The van der Waals surface area contributed by atoms with Crippen molar-refractivity contribution in [2.24, 2.45) is 5.41 Å². The summed E-state index contributed by atoms with van der Waals surface area (Å²) in [6.45, 7) is 16.4. The first-order valence-electron chi connectivity index (χ1n) is 7.90. The molecule has 0 aromatic rings. The number of esters is 1. The van der Waals surface area contributed by atoms with Crippen molar-refractivity contribution >= 4 is 13.1 Å². The summed E-state index contributed by atoms with van der Waals surface area (Å²) >= 11 is 0. The van der Waals surface area contributed by atoms with E-state index in [0.29, 0.717) is 6.61 Å². The molecule has 122 valence electrons. The lowest BCUT2D eigenvalue weighted by molar-refractivity contribution is -0.153. The predicted octanol–water partition coefficient (Wildman–Crippen LogP) is 3.84. The molecule has 1 aliphatic rings. The van der Waals surface area contributed by atoms with Crippen LogP contribution in [-0.2, 0) is 18.8 Å². The van der Waals surface area contributed by atoms with Crippen molar-refractivity contribution < 1.29 is 18.8 Å². The molecule has 0 saturated carbocycles. The van der Waals surface area contributed by atoms with Gasteiger partial charge in [-0.25, -0.2) is 0 Å². The highest BCUT2D eigenvalue weighted by Crippen LogP contribution is 2.40. The van der Waals surface area contributed by atoms with Crippen LogP contribution in [0.5, 0.6) is 0 Å². The maximum atomic E-state index is 11.7. The molecular weight excluding hydrogens is 267 g/mol. The zero-order valence-corrected chi connectivity index (χ0v) is 14.9. The van der Waals surface area contributed by atoms with E-state index in [9.17, 15) is 4.79 Å². The molecular formula is C16H31BO4. The smallest absolute Gasteiger partial charge is 0.460 e. The molecule has 1 fully saturated rings. The molecule has 0 spiro atoms. The lowest BCUT2D eigenvalue weighted by Gasteiger charge is -2.32. The molecule has 0 aliphatic carbocycles. The summed E-state index contributed by atoms with van der Waals surface area (Å²) in [6.07, 6.45) is 1.74. The molecule has 1 saturated heterocycles. The lowest BCUT2D eigenvalue weighted by atomic mass is 9.71. The van der Waals surface area contributed by atoms with E-state index in [1.165, 1.54) is 0 Å². The van der Waals surface area contributed by atoms with E-state index in [1.54, 1.807) is 0 Å². The quantitative estimate of drug-likeness (QED) is 0.439. The van der Waals surface area contributed by atoms with E-state index in [2.05, 4.69) is 34.6 Å². The van der Waals surface area contributed by atoms with Crippen LogP contribution < -0.4 is 0 Å². The van der Waals surface area contributed by atoms with Gasteiger partial charge in [0.15, 0.2) is 0 Å². The van der Waals surface area contributed by atoms with Crippen molar-refractivity contribution in [3.05, 3.63) is 0 Å². The Hall–Kier alpha value is -0.545. The number of rotatable bonds is 5. The van der Waals surface area contributed by atoms with Gasteiger partial charge in [0.1, 0.15) is 0 Å². The summed E-state index contributed by atoms with van der Waals surface area (Å²) in [5.41, 5.74) is -1.01. The zero-order chi connectivity index (χ0) is 16.5. The van der Waals surface area contributed by atoms with Crippen LogP contribution in [0, 0.1) is 5.41 Å². The maximum absolute atomic E-state index is 11.7. The SMILES string of the molecule is C[C@@H](CCCOC(=O)C(C)(C)C)B1OC(C)(C)C(C)(C)O1. The second-order valence-electron chi connectivity index (χ2n) is 8.13. The molecule has 0 amide bonds. The largest absolute Gasteiger partial charge is 0.465 e. The van der Waals surface area contributed by atoms with Gasteiger partial charge in [-0.2, -0.15) is 0 Å². The van der Waals surface area contributed by atoms with Gasteiger partial charge in [0.2, 0.25) is 0 Å². The first kappa shape index (κ1) is 18.5. The van der Waals surface area contributed by atoms with Gasteiger partial charge < -0.3 is 14.0 Å². The fourth-order valence-electron chi connectivity index (χ4n) is 2.04. The van der Waals surface area contributed by atoms with Gasteiger partial charge >= 0.3 is 13.1 Å². The highest BCUT2D eigenvalue weighted by molar-refractivity contribution is 6.47. The molecule has 1 aliphatic heterocycles. The Morgan fingerprint density at radius 3 is 2.05 bits per heavy atom. The summed E-state index contributed by atoms with van der Waals surface area (Å²) in [7, 11) is -0.187. The Bertz CT molecular complexity index is 355. The Morgan fingerprint density at radius 1 is 1.14 bits per heavy atom. The van der Waals surface area contributed by atoms with Gasteiger partial charge in [0, 0.05) is 0 Å². The van der Waals surface area contributed by atoms with Crippen LogP contribution in [0.2, 0.25) is 5.82 Å². The molecule has 1 atom stereocenters. The normalized spacial score (nSPS) is 22.2. The van der Waals surface area contributed by atoms with Gasteiger partial charge in [-0.3, -0.25) is 4.79 Å². The second-order valence-corrected chi connectivity index (χ2v) is 8.13. The first-order chi connectivity index (χ1) is 9.37. The average Bonchev–Trinajstić information content (AvgIpc) is 2.52. The molecule has 4 nitrogen and oxygen atoms in total. The zero-order valence-electron chi connectivity index (χ0n) is 14.9. The predicted molar refractivity (Wildman–Crippen MR) is 85.2 cm³/mol. The van der Waals surface area contributed by atoms with E-state index >= 15 is 0 Å². The molecule has 0 aromatic heterocycles. The van der Waals surface area contributed by atoms with Crippen LogP contribution in [0.3, 0.4) is 0 Å². The van der Waals surface area contributed by atoms with E-state index < -0.39 is 5.41 Å². The van der Waals surface area contributed by atoms with E-state index in [1.807, 2.05) is 20.8 Å². The van der Waals surface area contributed by atoms with Crippen molar-refractivity contribution in [2.45, 2.75) is 85.3 Å². The second kappa shape index (κ2) is 6.29. The number of carbonyl (C=O) groups is 1. The summed E-state index contributed by atoms with van der Waals surface area (Å²) < 4.78 is 17.3. The van der Waals surface area contributed by atoms with Crippen LogP contribution in [0.25, 0.3) is 0 Å². The van der Waals surface area contributed by atoms with Gasteiger partial charge in [-0.1, -0.05) is 6.92 Å². The standard InChI is InChI=1S/C16H31BO4/c1-12(10-9-11-19-13(18)14(2,3)4)17-20-15(5,6)16(7,8)21-17/h12H,9-11H2,1-8H3/t12-/m0/s1. The number of carbonyl (C=O) groups excluding carboxylic acids is 1. The Kier molecular flexibility index (Phi) is 5.54. The fourth-order valence-corrected chi connectivity index (χ4v) is 2.04. The molecule has 0 aromatic carbocycles. The van der Waals surface area contributed by atoms with Crippen LogP contribution in [0.4, 0.5) is 0 Å². The fraction of sp³-hybridized carbons (Fsp3) is 0.938. The summed E-state index contributed by atoms with van der Waals surface area (Å²) in [6, 6.07) is 0. The summed E-state index contributed by atoms with van der Waals surface area (Å²) in [5, 5.41) is 0.